The maximum atomic E-state index is 11.3. The van der Waals surface area contributed by atoms with Crippen molar-refractivity contribution < 1.29 is 9.53 Å². The Morgan fingerprint density at radius 3 is 2.56 bits per heavy atom. The van der Waals surface area contributed by atoms with Gasteiger partial charge < -0.3 is 15.8 Å². The first-order chi connectivity index (χ1) is 8.08. The number of aryl methyl sites for hydroxylation is 1. The van der Waals surface area contributed by atoms with E-state index < -0.39 is 0 Å². The Morgan fingerprint density at radius 1 is 1.39 bits per heavy atom. The molecule has 1 aromatic carbocycles. The van der Waals surface area contributed by atoms with Crippen molar-refractivity contribution in [3.8, 4) is 5.75 Å². The van der Waals surface area contributed by atoms with Crippen molar-refractivity contribution in [1.82, 2.24) is 5.32 Å². The first kappa shape index (κ1) is 16.7. The molecule has 0 aromatic heterocycles. The lowest BCUT2D eigenvalue weighted by Gasteiger charge is -2.09. The van der Waals surface area contributed by atoms with Crippen molar-refractivity contribution in [2.45, 2.75) is 26.3 Å². The lowest BCUT2D eigenvalue weighted by molar-refractivity contribution is -0.121. The molecule has 1 aromatic rings. The van der Waals surface area contributed by atoms with Gasteiger partial charge in [-0.2, -0.15) is 0 Å². The fraction of sp³-hybridized carbons (Fsp3) is 0.462. The third-order valence-electron chi connectivity index (χ3n) is 2.22. The third kappa shape index (κ3) is 7.14. The summed E-state index contributed by atoms with van der Waals surface area (Å²) in [5.74, 6) is 0.782. The van der Waals surface area contributed by atoms with Gasteiger partial charge in [0, 0.05) is 12.5 Å². The number of hydrogen-bond donors (Lipinski definition) is 2. The van der Waals surface area contributed by atoms with Gasteiger partial charge in [-0.25, -0.2) is 0 Å². The fourth-order valence-corrected chi connectivity index (χ4v) is 1.36. The normalized spacial score (nSPS) is 11.3. The van der Waals surface area contributed by atoms with Crippen LogP contribution in [0.15, 0.2) is 24.3 Å². The standard InChI is InChI=1S/C13H20N2O2.ClH/c1-10-3-5-12(6-4-10)17-8-7-15-13(16)9-11(2)14;/h3-6,11H,7-9,14H2,1-2H3,(H,15,16);1H. The second kappa shape index (κ2) is 8.78. The Bertz CT molecular complexity index is 353. The molecule has 1 atom stereocenters. The highest BCUT2D eigenvalue weighted by Crippen LogP contribution is 2.10. The molecule has 1 unspecified atom stereocenters. The molecule has 0 spiro atoms. The van der Waals surface area contributed by atoms with Gasteiger partial charge in [0.1, 0.15) is 12.4 Å². The number of nitrogens with two attached hydrogens (primary N) is 1. The maximum Gasteiger partial charge on any atom is 0.221 e. The van der Waals surface area contributed by atoms with Crippen molar-refractivity contribution in [3.63, 3.8) is 0 Å². The summed E-state index contributed by atoms with van der Waals surface area (Å²) in [6.45, 7) is 4.80. The summed E-state index contributed by atoms with van der Waals surface area (Å²) in [6.07, 6.45) is 0.352. The highest BCUT2D eigenvalue weighted by atomic mass is 35.5. The molecule has 0 aliphatic heterocycles. The summed E-state index contributed by atoms with van der Waals surface area (Å²) in [7, 11) is 0. The average Bonchev–Trinajstić information content (AvgIpc) is 2.26. The van der Waals surface area contributed by atoms with Crippen molar-refractivity contribution in [2.24, 2.45) is 5.73 Å². The highest BCUT2D eigenvalue weighted by Gasteiger charge is 2.03. The van der Waals surface area contributed by atoms with Crippen LogP contribution in [0.1, 0.15) is 18.9 Å². The van der Waals surface area contributed by atoms with E-state index in [9.17, 15) is 4.79 Å². The van der Waals surface area contributed by atoms with Crippen LogP contribution in [0.4, 0.5) is 0 Å². The monoisotopic (exact) mass is 272 g/mol. The molecule has 1 rings (SSSR count). The third-order valence-corrected chi connectivity index (χ3v) is 2.22. The minimum absolute atomic E-state index is 0. The molecule has 5 heteroatoms. The minimum Gasteiger partial charge on any atom is -0.492 e. The number of hydrogen-bond acceptors (Lipinski definition) is 3. The minimum atomic E-state index is -0.104. The molecular weight excluding hydrogens is 252 g/mol. The molecular formula is C13H21ClN2O2. The molecule has 0 fully saturated rings. The maximum absolute atomic E-state index is 11.3. The zero-order valence-corrected chi connectivity index (χ0v) is 11.6. The van der Waals surface area contributed by atoms with Crippen LogP contribution in [0, 0.1) is 6.92 Å². The van der Waals surface area contributed by atoms with E-state index in [1.165, 1.54) is 5.56 Å². The number of amides is 1. The molecule has 4 nitrogen and oxygen atoms in total. The van der Waals surface area contributed by atoms with Gasteiger partial charge in [0.15, 0.2) is 0 Å². The van der Waals surface area contributed by atoms with Gasteiger partial charge in [0.2, 0.25) is 5.91 Å². The van der Waals surface area contributed by atoms with Gasteiger partial charge in [-0.1, -0.05) is 17.7 Å². The lowest BCUT2D eigenvalue weighted by Crippen LogP contribution is -2.32. The average molecular weight is 273 g/mol. The molecule has 0 bridgehead atoms. The predicted molar refractivity (Wildman–Crippen MR) is 75.2 cm³/mol. The van der Waals surface area contributed by atoms with E-state index in [-0.39, 0.29) is 24.4 Å². The topological polar surface area (TPSA) is 64.3 Å². The van der Waals surface area contributed by atoms with Crippen LogP contribution in [-0.2, 0) is 4.79 Å². The number of ether oxygens (including phenoxy) is 1. The molecule has 102 valence electrons. The number of nitrogens with one attached hydrogen (secondary N) is 1. The summed E-state index contributed by atoms with van der Waals surface area (Å²) >= 11 is 0. The van der Waals surface area contributed by atoms with Crippen LogP contribution in [0.3, 0.4) is 0 Å². The van der Waals surface area contributed by atoms with Crippen molar-refractivity contribution in [3.05, 3.63) is 29.8 Å². The van der Waals surface area contributed by atoms with E-state index in [4.69, 9.17) is 10.5 Å². The molecule has 0 saturated heterocycles. The number of carbonyl (C=O) groups excluding carboxylic acids is 1. The van der Waals surface area contributed by atoms with E-state index in [1.54, 1.807) is 0 Å². The summed E-state index contributed by atoms with van der Waals surface area (Å²) < 4.78 is 5.47. The zero-order valence-electron chi connectivity index (χ0n) is 10.8. The molecule has 0 aliphatic rings. The van der Waals surface area contributed by atoms with Crippen LogP contribution >= 0.6 is 12.4 Å². The summed E-state index contributed by atoms with van der Waals surface area (Å²) in [6, 6.07) is 7.71. The quantitative estimate of drug-likeness (QED) is 0.774. The van der Waals surface area contributed by atoms with Gasteiger partial charge in [-0.05, 0) is 26.0 Å². The summed E-state index contributed by atoms with van der Waals surface area (Å²) in [4.78, 5) is 11.3. The van der Waals surface area contributed by atoms with E-state index in [0.29, 0.717) is 19.6 Å². The van der Waals surface area contributed by atoms with Crippen molar-refractivity contribution >= 4 is 18.3 Å². The van der Waals surface area contributed by atoms with Gasteiger partial charge in [0.25, 0.3) is 0 Å². The first-order valence-electron chi connectivity index (χ1n) is 5.79. The second-order valence-electron chi connectivity index (χ2n) is 4.19. The fourth-order valence-electron chi connectivity index (χ4n) is 1.36. The predicted octanol–water partition coefficient (Wildman–Crippen LogP) is 1.65. The van der Waals surface area contributed by atoms with E-state index in [0.717, 1.165) is 5.75 Å². The van der Waals surface area contributed by atoms with Crippen LogP contribution in [0.25, 0.3) is 0 Å². The van der Waals surface area contributed by atoms with Crippen LogP contribution < -0.4 is 15.8 Å². The number of halogens is 1. The van der Waals surface area contributed by atoms with Gasteiger partial charge >= 0.3 is 0 Å². The first-order valence-corrected chi connectivity index (χ1v) is 5.79. The Kier molecular flexibility index (Phi) is 8.16. The Balaban J connectivity index is 0.00000289. The Labute approximate surface area is 114 Å². The van der Waals surface area contributed by atoms with Gasteiger partial charge in [0.05, 0.1) is 6.54 Å². The molecule has 0 aliphatic carbocycles. The molecule has 1 amide bonds. The second-order valence-corrected chi connectivity index (χ2v) is 4.19. The lowest BCUT2D eigenvalue weighted by atomic mass is 10.2. The molecule has 0 radical (unpaired) electrons. The highest BCUT2D eigenvalue weighted by molar-refractivity contribution is 5.85. The smallest absolute Gasteiger partial charge is 0.221 e. The van der Waals surface area contributed by atoms with Gasteiger partial charge in [-0.3, -0.25) is 4.79 Å². The van der Waals surface area contributed by atoms with Crippen LogP contribution in [-0.4, -0.2) is 25.1 Å². The van der Waals surface area contributed by atoms with Crippen molar-refractivity contribution in [1.29, 1.82) is 0 Å². The Morgan fingerprint density at radius 2 is 2.00 bits per heavy atom. The molecule has 18 heavy (non-hydrogen) atoms. The number of carbonyl (C=O) groups is 1. The van der Waals surface area contributed by atoms with Crippen molar-refractivity contribution in [2.75, 3.05) is 13.2 Å². The number of benzene rings is 1. The van der Waals surface area contributed by atoms with E-state index in [1.807, 2.05) is 38.1 Å². The summed E-state index contributed by atoms with van der Waals surface area (Å²) in [5.41, 5.74) is 6.71. The Hall–Kier alpha value is -1.26. The molecule has 0 heterocycles. The SMILES string of the molecule is Cc1ccc(OCCNC(=O)CC(C)N)cc1.Cl. The van der Waals surface area contributed by atoms with E-state index in [2.05, 4.69) is 5.32 Å². The largest absolute Gasteiger partial charge is 0.492 e. The summed E-state index contributed by atoms with van der Waals surface area (Å²) in [5, 5.41) is 2.75. The zero-order chi connectivity index (χ0) is 12.7. The van der Waals surface area contributed by atoms with Crippen LogP contribution in [0.2, 0.25) is 0 Å². The van der Waals surface area contributed by atoms with Crippen LogP contribution in [0.5, 0.6) is 5.75 Å². The molecule has 0 saturated carbocycles. The van der Waals surface area contributed by atoms with Gasteiger partial charge in [-0.15, -0.1) is 12.4 Å². The number of rotatable bonds is 6. The molecule has 3 N–H and O–H groups in total. The van der Waals surface area contributed by atoms with E-state index >= 15 is 0 Å².